The zero-order valence-corrected chi connectivity index (χ0v) is 15.8. The Morgan fingerprint density at radius 2 is 1.81 bits per heavy atom. The van der Waals surface area contributed by atoms with Crippen LogP contribution in [-0.4, -0.2) is 43.4 Å². The van der Waals surface area contributed by atoms with Crippen molar-refractivity contribution in [3.05, 3.63) is 65.7 Å². The van der Waals surface area contributed by atoms with Crippen LogP contribution in [0, 0.1) is 5.41 Å². The van der Waals surface area contributed by atoms with E-state index in [-0.39, 0.29) is 28.7 Å². The van der Waals surface area contributed by atoms with Gasteiger partial charge in [-0.25, -0.2) is 8.42 Å². The fourth-order valence-electron chi connectivity index (χ4n) is 3.19. The Balaban J connectivity index is 1.81. The molecule has 0 bridgehead atoms. The molecule has 1 N–H and O–H groups in total. The van der Waals surface area contributed by atoms with Crippen LogP contribution in [0.1, 0.15) is 29.3 Å². The van der Waals surface area contributed by atoms with E-state index in [1.54, 1.807) is 37.3 Å². The lowest BCUT2D eigenvalue weighted by Crippen LogP contribution is -2.34. The minimum atomic E-state index is -3.59. The van der Waals surface area contributed by atoms with Crippen LogP contribution < -0.4 is 0 Å². The van der Waals surface area contributed by atoms with E-state index in [1.165, 1.54) is 23.1 Å². The number of sulfone groups is 1. The Kier molecular flexibility index (Phi) is 5.06. The summed E-state index contributed by atoms with van der Waals surface area (Å²) in [5, 5.41) is 9.32. The second kappa shape index (κ2) is 7.15. The topological polar surface area (TPSA) is 91.8 Å². The zero-order chi connectivity index (χ0) is 19.7. The van der Waals surface area contributed by atoms with Crippen molar-refractivity contribution in [1.82, 2.24) is 4.90 Å². The maximum Gasteiger partial charge on any atom is 0.311 e. The van der Waals surface area contributed by atoms with Crippen molar-refractivity contribution in [2.24, 2.45) is 5.41 Å². The van der Waals surface area contributed by atoms with Gasteiger partial charge in [0.05, 0.1) is 16.1 Å². The van der Waals surface area contributed by atoms with Crippen molar-refractivity contribution in [2.45, 2.75) is 24.0 Å². The van der Waals surface area contributed by atoms with Gasteiger partial charge in [0.1, 0.15) is 0 Å². The van der Waals surface area contributed by atoms with E-state index in [2.05, 4.69) is 0 Å². The van der Waals surface area contributed by atoms with Gasteiger partial charge in [0.15, 0.2) is 9.84 Å². The minimum Gasteiger partial charge on any atom is -0.481 e. The van der Waals surface area contributed by atoms with Crippen molar-refractivity contribution >= 4 is 21.7 Å². The summed E-state index contributed by atoms with van der Waals surface area (Å²) in [5.41, 5.74) is -0.0445. The number of carboxylic acids is 1. The number of hydrogen-bond acceptors (Lipinski definition) is 4. The van der Waals surface area contributed by atoms with E-state index in [9.17, 15) is 23.1 Å². The summed E-state index contributed by atoms with van der Waals surface area (Å²) in [5.74, 6) is -1.43. The van der Waals surface area contributed by atoms with Gasteiger partial charge in [-0.1, -0.05) is 36.4 Å². The molecule has 2 aromatic carbocycles. The highest BCUT2D eigenvalue weighted by Crippen LogP contribution is 2.31. The zero-order valence-electron chi connectivity index (χ0n) is 15.0. The number of carbonyl (C=O) groups excluding carboxylic acids is 1. The van der Waals surface area contributed by atoms with E-state index in [0.717, 1.165) is 0 Å². The minimum absolute atomic E-state index is 0.0809. The summed E-state index contributed by atoms with van der Waals surface area (Å²) in [4.78, 5) is 25.7. The molecule has 1 fully saturated rings. The van der Waals surface area contributed by atoms with E-state index in [1.807, 2.05) is 6.07 Å². The van der Waals surface area contributed by atoms with Crippen LogP contribution in [0.3, 0.4) is 0 Å². The lowest BCUT2D eigenvalue weighted by molar-refractivity contribution is -0.147. The summed E-state index contributed by atoms with van der Waals surface area (Å²) < 4.78 is 25.4. The van der Waals surface area contributed by atoms with Crippen molar-refractivity contribution in [3.63, 3.8) is 0 Å². The lowest BCUT2D eigenvalue weighted by atomic mass is 9.90. The highest BCUT2D eigenvalue weighted by Gasteiger charge is 2.42. The Morgan fingerprint density at radius 1 is 1.11 bits per heavy atom. The van der Waals surface area contributed by atoms with Gasteiger partial charge < -0.3 is 10.0 Å². The van der Waals surface area contributed by atoms with E-state index in [4.69, 9.17) is 0 Å². The Hall–Kier alpha value is -2.67. The monoisotopic (exact) mass is 387 g/mol. The maximum atomic E-state index is 12.7. The van der Waals surface area contributed by atoms with Gasteiger partial charge in [-0.2, -0.15) is 0 Å². The van der Waals surface area contributed by atoms with E-state index >= 15 is 0 Å². The van der Waals surface area contributed by atoms with Crippen molar-refractivity contribution < 1.29 is 23.1 Å². The first-order chi connectivity index (χ1) is 12.7. The predicted molar refractivity (Wildman–Crippen MR) is 100 cm³/mol. The van der Waals surface area contributed by atoms with Crippen LogP contribution >= 0.6 is 0 Å². The maximum absolute atomic E-state index is 12.7. The third-order valence-electron chi connectivity index (χ3n) is 4.92. The first-order valence-corrected chi connectivity index (χ1v) is 10.3. The average molecular weight is 387 g/mol. The number of amides is 1. The number of nitrogens with zero attached hydrogens (tertiary/aromatic N) is 1. The number of carbonyl (C=O) groups is 2. The highest BCUT2D eigenvalue weighted by atomic mass is 32.2. The average Bonchev–Trinajstić information content (AvgIpc) is 3.05. The third-order valence-corrected chi connectivity index (χ3v) is 6.60. The molecule has 7 heteroatoms. The molecule has 0 saturated carbocycles. The molecule has 1 unspecified atom stereocenters. The van der Waals surface area contributed by atoms with Gasteiger partial charge in [0.25, 0.3) is 5.91 Å². The molecule has 2 aromatic rings. The van der Waals surface area contributed by atoms with Gasteiger partial charge in [-0.3, -0.25) is 9.59 Å². The van der Waals surface area contributed by atoms with Gasteiger partial charge in [-0.15, -0.1) is 0 Å². The normalized spacial score (nSPS) is 19.8. The molecule has 0 spiro atoms. The Morgan fingerprint density at radius 3 is 2.44 bits per heavy atom. The number of likely N-dealkylation sites (tertiary alicyclic amines) is 1. The first-order valence-electron chi connectivity index (χ1n) is 8.61. The molecular weight excluding hydrogens is 366 g/mol. The van der Waals surface area contributed by atoms with Crippen LogP contribution in [0.15, 0.2) is 59.5 Å². The number of benzene rings is 2. The van der Waals surface area contributed by atoms with E-state index < -0.39 is 21.2 Å². The number of hydrogen-bond donors (Lipinski definition) is 1. The van der Waals surface area contributed by atoms with E-state index in [0.29, 0.717) is 18.5 Å². The van der Waals surface area contributed by atoms with Gasteiger partial charge in [0, 0.05) is 18.7 Å². The summed E-state index contributed by atoms with van der Waals surface area (Å²) >= 11 is 0. The summed E-state index contributed by atoms with van der Waals surface area (Å²) in [7, 11) is -3.59. The van der Waals surface area contributed by atoms with Crippen molar-refractivity contribution in [2.75, 3.05) is 13.1 Å². The smallest absolute Gasteiger partial charge is 0.311 e. The summed E-state index contributed by atoms with van der Waals surface area (Å²) in [6, 6.07) is 14.8. The van der Waals surface area contributed by atoms with Gasteiger partial charge in [0.2, 0.25) is 0 Å². The molecule has 0 aliphatic carbocycles. The van der Waals surface area contributed by atoms with Gasteiger partial charge >= 0.3 is 5.97 Å². The van der Waals surface area contributed by atoms with Crippen LogP contribution in [0.25, 0.3) is 0 Å². The molecule has 6 nitrogen and oxygen atoms in total. The van der Waals surface area contributed by atoms with Crippen molar-refractivity contribution in [3.8, 4) is 0 Å². The molecule has 1 aliphatic rings. The van der Waals surface area contributed by atoms with Crippen LogP contribution in [0.2, 0.25) is 0 Å². The molecule has 1 heterocycles. The van der Waals surface area contributed by atoms with Gasteiger partial charge in [-0.05, 0) is 37.1 Å². The highest BCUT2D eigenvalue weighted by molar-refractivity contribution is 7.90. The van der Waals surface area contributed by atoms with Crippen LogP contribution in [0.5, 0.6) is 0 Å². The summed E-state index contributed by atoms with van der Waals surface area (Å²) in [6.07, 6.45) is 0.375. The molecule has 142 valence electrons. The fraction of sp³-hybridized carbons (Fsp3) is 0.300. The molecule has 1 amide bonds. The largest absolute Gasteiger partial charge is 0.481 e. The quantitative estimate of drug-likeness (QED) is 0.851. The number of aliphatic carboxylic acids is 1. The first kappa shape index (κ1) is 19.1. The molecule has 0 aromatic heterocycles. The molecule has 1 atom stereocenters. The standard InChI is InChI=1S/C20H21NO5S/c1-20(19(23)24)10-11-21(14-20)18(22)16-8-5-9-17(12-16)27(25,26)13-15-6-3-2-4-7-15/h2-9,12H,10-11,13-14H2,1H3,(H,23,24). The van der Waals surface area contributed by atoms with Crippen LogP contribution in [0.4, 0.5) is 0 Å². The SMILES string of the molecule is CC1(C(=O)O)CCN(C(=O)c2cccc(S(=O)(=O)Cc3ccccc3)c2)C1. The number of carboxylic acid groups (broad SMARTS) is 1. The molecule has 3 rings (SSSR count). The Bertz CT molecular complexity index is 971. The molecular formula is C20H21NO5S. The fourth-order valence-corrected chi connectivity index (χ4v) is 4.58. The van der Waals surface area contributed by atoms with Crippen molar-refractivity contribution in [1.29, 1.82) is 0 Å². The molecule has 1 saturated heterocycles. The molecule has 27 heavy (non-hydrogen) atoms. The second-order valence-electron chi connectivity index (χ2n) is 7.12. The van der Waals surface area contributed by atoms with Crippen LogP contribution in [-0.2, 0) is 20.4 Å². The third kappa shape index (κ3) is 4.03. The molecule has 0 radical (unpaired) electrons. The number of rotatable bonds is 5. The molecule has 1 aliphatic heterocycles. The predicted octanol–water partition coefficient (Wildman–Crippen LogP) is 2.60. The summed E-state index contributed by atoms with van der Waals surface area (Å²) in [6.45, 7) is 2.06. The lowest BCUT2D eigenvalue weighted by Gasteiger charge is -2.20. The second-order valence-corrected chi connectivity index (χ2v) is 9.10. The Labute approximate surface area is 158 Å².